The van der Waals surface area contributed by atoms with Crippen LogP contribution in [0, 0.1) is 20.8 Å². The Hall–Kier alpha value is -4.38. The van der Waals surface area contributed by atoms with Gasteiger partial charge in [0.15, 0.2) is 0 Å². The Balaban J connectivity index is 1.41. The zero-order valence-corrected chi connectivity index (χ0v) is 23.2. The maximum absolute atomic E-state index is 10.7. The Morgan fingerprint density at radius 3 is 2.38 bits per heavy atom. The summed E-state index contributed by atoms with van der Waals surface area (Å²) in [5.41, 5.74) is 7.04. The number of fused-ring (bicyclic) bond motifs is 4. The highest BCUT2D eigenvalue weighted by Crippen LogP contribution is 2.42. The van der Waals surface area contributed by atoms with Crippen LogP contribution in [0.25, 0.3) is 38.5 Å². The molecular weight excluding hydrogens is 494 g/mol. The molecule has 3 aromatic carbocycles. The number of rotatable bonds is 4. The number of hydrogen-bond acceptors (Lipinski definition) is 4. The highest BCUT2D eigenvalue weighted by Gasteiger charge is 2.23. The van der Waals surface area contributed by atoms with Crippen molar-refractivity contribution in [1.82, 2.24) is 14.5 Å². The van der Waals surface area contributed by atoms with E-state index in [0.717, 1.165) is 63.0 Å². The van der Waals surface area contributed by atoms with Crippen LogP contribution >= 0.6 is 0 Å². The van der Waals surface area contributed by atoms with E-state index in [1.165, 1.54) is 30.2 Å². The SMILES string of the molecule is Cc1cc(C)nc(-n2c3ccccc3c3ccc(Oc4nc5c(O)cc(C)cc5cc4C4CCCCC4)cc32)c1. The van der Waals surface area contributed by atoms with Gasteiger partial charge >= 0.3 is 0 Å². The molecule has 1 aliphatic rings. The van der Waals surface area contributed by atoms with E-state index in [1.807, 2.05) is 19.9 Å². The minimum Gasteiger partial charge on any atom is -0.506 e. The summed E-state index contributed by atoms with van der Waals surface area (Å²) in [5, 5.41) is 14.0. The van der Waals surface area contributed by atoms with E-state index < -0.39 is 0 Å². The van der Waals surface area contributed by atoms with Gasteiger partial charge in [0.25, 0.3) is 0 Å². The highest BCUT2D eigenvalue weighted by atomic mass is 16.5. The van der Waals surface area contributed by atoms with Gasteiger partial charge in [0.05, 0.1) is 11.0 Å². The summed E-state index contributed by atoms with van der Waals surface area (Å²) in [7, 11) is 0. The van der Waals surface area contributed by atoms with Gasteiger partial charge in [0, 0.05) is 33.5 Å². The van der Waals surface area contributed by atoms with Gasteiger partial charge in [-0.1, -0.05) is 37.5 Å². The van der Waals surface area contributed by atoms with Crippen molar-refractivity contribution in [1.29, 1.82) is 0 Å². The van der Waals surface area contributed by atoms with Crippen LogP contribution in [-0.2, 0) is 0 Å². The smallest absolute Gasteiger partial charge is 0.223 e. The van der Waals surface area contributed by atoms with E-state index >= 15 is 0 Å². The van der Waals surface area contributed by atoms with Gasteiger partial charge in [-0.05, 0) is 99.2 Å². The van der Waals surface area contributed by atoms with Gasteiger partial charge in [-0.3, -0.25) is 4.57 Å². The topological polar surface area (TPSA) is 60.2 Å². The molecule has 1 fully saturated rings. The average molecular weight is 528 g/mol. The number of pyridine rings is 2. The molecule has 0 aliphatic heterocycles. The minimum absolute atomic E-state index is 0.187. The molecule has 0 amide bonds. The first-order chi connectivity index (χ1) is 19.4. The van der Waals surface area contributed by atoms with Crippen LogP contribution in [0.2, 0.25) is 0 Å². The monoisotopic (exact) mass is 527 g/mol. The Bertz CT molecular complexity index is 1890. The summed E-state index contributed by atoms with van der Waals surface area (Å²) in [5.74, 6) is 2.79. The molecule has 5 nitrogen and oxygen atoms in total. The molecule has 1 saturated carbocycles. The normalized spacial score (nSPS) is 14.4. The minimum atomic E-state index is 0.187. The fraction of sp³-hybridized carbons (Fsp3) is 0.257. The van der Waals surface area contributed by atoms with Crippen LogP contribution in [0.15, 0.2) is 72.8 Å². The fourth-order valence-corrected chi connectivity index (χ4v) is 6.51. The Morgan fingerprint density at radius 2 is 1.55 bits per heavy atom. The van der Waals surface area contributed by atoms with E-state index in [1.54, 1.807) is 6.07 Å². The number of hydrogen-bond donors (Lipinski definition) is 1. The largest absolute Gasteiger partial charge is 0.506 e. The predicted molar refractivity (Wildman–Crippen MR) is 162 cm³/mol. The molecule has 3 aromatic heterocycles. The second-order valence-corrected chi connectivity index (χ2v) is 11.4. The fourth-order valence-electron chi connectivity index (χ4n) is 6.51. The molecule has 7 rings (SSSR count). The number of phenols is 1. The molecule has 1 aliphatic carbocycles. The van der Waals surface area contributed by atoms with Crippen molar-refractivity contribution in [3.8, 4) is 23.2 Å². The highest BCUT2D eigenvalue weighted by molar-refractivity contribution is 6.09. The van der Waals surface area contributed by atoms with Crippen molar-refractivity contribution in [2.75, 3.05) is 0 Å². The standard InChI is InChI=1S/C35H33N3O2/c1-21-15-23(3)36-33(18-21)38-30-12-8-7-11-27(30)28-14-13-26(20-31(28)38)40-35-29(24-9-5-4-6-10-24)19-25-16-22(2)17-32(39)34(25)37-35/h7-8,11-20,24,39H,4-6,9-10H2,1-3H3. The lowest BCUT2D eigenvalue weighted by Gasteiger charge is -2.24. The summed E-state index contributed by atoms with van der Waals surface area (Å²) < 4.78 is 8.87. The molecule has 40 heavy (non-hydrogen) atoms. The molecule has 0 radical (unpaired) electrons. The lowest BCUT2D eigenvalue weighted by Crippen LogP contribution is -2.07. The molecular formula is C35H33N3O2. The van der Waals surface area contributed by atoms with Crippen LogP contribution in [0.4, 0.5) is 0 Å². The zero-order chi connectivity index (χ0) is 27.4. The summed E-state index contributed by atoms with van der Waals surface area (Å²) in [6, 6.07) is 25.0. The van der Waals surface area contributed by atoms with E-state index in [-0.39, 0.29) is 5.75 Å². The number of ether oxygens (including phenoxy) is 1. The van der Waals surface area contributed by atoms with E-state index in [0.29, 0.717) is 17.3 Å². The van der Waals surface area contributed by atoms with Gasteiger partial charge in [0.2, 0.25) is 5.88 Å². The van der Waals surface area contributed by atoms with Gasteiger partial charge in [-0.15, -0.1) is 0 Å². The Kier molecular flexibility index (Phi) is 5.96. The first-order valence-electron chi connectivity index (χ1n) is 14.3. The number of nitrogens with zero attached hydrogens (tertiary/aromatic N) is 3. The number of para-hydroxylation sites is 1. The average Bonchev–Trinajstić information content (AvgIpc) is 3.26. The van der Waals surface area contributed by atoms with E-state index in [4.69, 9.17) is 14.7 Å². The molecule has 5 heteroatoms. The first-order valence-corrected chi connectivity index (χ1v) is 14.3. The Morgan fingerprint density at radius 1 is 0.775 bits per heavy atom. The lowest BCUT2D eigenvalue weighted by atomic mass is 9.84. The predicted octanol–water partition coefficient (Wildman–Crippen LogP) is 9.20. The number of aryl methyl sites for hydroxylation is 3. The van der Waals surface area contributed by atoms with Crippen LogP contribution in [0.1, 0.15) is 60.4 Å². The zero-order valence-electron chi connectivity index (χ0n) is 23.2. The third-order valence-corrected chi connectivity index (χ3v) is 8.25. The maximum Gasteiger partial charge on any atom is 0.223 e. The van der Waals surface area contributed by atoms with Gasteiger partial charge < -0.3 is 9.84 Å². The molecule has 0 spiro atoms. The third-order valence-electron chi connectivity index (χ3n) is 8.25. The third kappa shape index (κ3) is 4.26. The van der Waals surface area contributed by atoms with Gasteiger partial charge in [-0.2, -0.15) is 0 Å². The summed E-state index contributed by atoms with van der Waals surface area (Å²) in [6.07, 6.45) is 5.98. The quantitative estimate of drug-likeness (QED) is 0.248. The number of aromatic nitrogens is 3. The second kappa shape index (κ2) is 9.67. The number of benzene rings is 3. The first kappa shape index (κ1) is 24.6. The molecule has 0 saturated heterocycles. The summed E-state index contributed by atoms with van der Waals surface area (Å²) >= 11 is 0. The number of aromatic hydroxyl groups is 1. The molecule has 0 unspecified atom stereocenters. The molecule has 200 valence electrons. The maximum atomic E-state index is 10.7. The van der Waals surface area contributed by atoms with Crippen molar-refractivity contribution in [2.45, 2.75) is 58.8 Å². The molecule has 3 heterocycles. The van der Waals surface area contributed by atoms with Crippen molar-refractivity contribution in [3.05, 3.63) is 95.2 Å². The Labute approximate surface area is 234 Å². The van der Waals surface area contributed by atoms with Crippen LogP contribution in [0.3, 0.4) is 0 Å². The van der Waals surface area contributed by atoms with Crippen LogP contribution in [-0.4, -0.2) is 19.6 Å². The van der Waals surface area contributed by atoms with E-state index in [9.17, 15) is 5.11 Å². The van der Waals surface area contributed by atoms with E-state index in [2.05, 4.69) is 72.2 Å². The van der Waals surface area contributed by atoms with Crippen LogP contribution in [0.5, 0.6) is 17.4 Å². The van der Waals surface area contributed by atoms with Crippen molar-refractivity contribution < 1.29 is 9.84 Å². The van der Waals surface area contributed by atoms with Crippen molar-refractivity contribution >= 4 is 32.7 Å². The van der Waals surface area contributed by atoms with Crippen LogP contribution < -0.4 is 4.74 Å². The molecule has 6 aromatic rings. The van der Waals surface area contributed by atoms with Gasteiger partial charge in [-0.25, -0.2) is 9.97 Å². The molecule has 0 bridgehead atoms. The lowest BCUT2D eigenvalue weighted by molar-refractivity contribution is 0.410. The molecule has 0 atom stereocenters. The van der Waals surface area contributed by atoms with Crippen molar-refractivity contribution in [2.24, 2.45) is 0 Å². The van der Waals surface area contributed by atoms with Gasteiger partial charge in [0.1, 0.15) is 22.8 Å². The molecule has 1 N–H and O–H groups in total. The van der Waals surface area contributed by atoms with Crippen molar-refractivity contribution in [3.63, 3.8) is 0 Å². The second-order valence-electron chi connectivity index (χ2n) is 11.4. The summed E-state index contributed by atoms with van der Waals surface area (Å²) in [4.78, 5) is 9.82. The summed E-state index contributed by atoms with van der Waals surface area (Å²) in [6.45, 7) is 6.15. The number of phenolic OH excluding ortho intramolecular Hbond substituents is 1.